The number of aromatic nitrogens is 4. The number of anilines is 2. The number of hydrogen-bond acceptors (Lipinski definition) is 9. The van der Waals surface area contributed by atoms with Gasteiger partial charge in [-0.3, -0.25) is 0 Å². The third-order valence-electron chi connectivity index (χ3n) is 4.12. The van der Waals surface area contributed by atoms with Gasteiger partial charge in [0.05, 0.1) is 10.2 Å². The third-order valence-corrected chi connectivity index (χ3v) is 8.12. The Balaban J connectivity index is 1.53. The van der Waals surface area contributed by atoms with Crippen molar-refractivity contribution in [2.24, 2.45) is 0 Å². The van der Waals surface area contributed by atoms with E-state index in [-0.39, 0.29) is 0 Å². The van der Waals surface area contributed by atoms with Crippen LogP contribution in [-0.4, -0.2) is 25.7 Å². The number of benzene rings is 2. The lowest BCUT2D eigenvalue weighted by molar-refractivity contribution is 0.926. The Hall–Kier alpha value is -2.20. The summed E-state index contributed by atoms with van der Waals surface area (Å²) in [5, 5.41) is 5.84. The van der Waals surface area contributed by atoms with Crippen LogP contribution in [-0.2, 0) is 0 Å². The molecule has 3 aromatic heterocycles. The van der Waals surface area contributed by atoms with Gasteiger partial charge in [0.2, 0.25) is 0 Å². The average Bonchev–Trinajstić information content (AvgIpc) is 3.36. The van der Waals surface area contributed by atoms with Crippen molar-refractivity contribution in [2.75, 3.05) is 11.1 Å². The first-order chi connectivity index (χ1) is 14.8. The van der Waals surface area contributed by atoms with Gasteiger partial charge in [-0.1, -0.05) is 60.4 Å². The number of thioether (sulfide) groups is 1. The van der Waals surface area contributed by atoms with Crippen molar-refractivity contribution in [3.8, 4) is 0 Å². The number of nitrogens with one attached hydrogen (secondary N) is 1. The van der Waals surface area contributed by atoms with Crippen LogP contribution in [0.3, 0.4) is 0 Å². The topological polar surface area (TPSA) is 63.6 Å². The van der Waals surface area contributed by atoms with Crippen molar-refractivity contribution in [3.05, 3.63) is 54.6 Å². The highest BCUT2D eigenvalue weighted by molar-refractivity contribution is 8.01. The van der Waals surface area contributed by atoms with E-state index in [9.17, 15) is 0 Å². The van der Waals surface area contributed by atoms with Crippen LogP contribution in [0.15, 0.2) is 69.1 Å². The fourth-order valence-corrected chi connectivity index (χ4v) is 6.57. The van der Waals surface area contributed by atoms with Gasteiger partial charge < -0.3 is 5.32 Å². The van der Waals surface area contributed by atoms with Crippen molar-refractivity contribution >= 4 is 77.6 Å². The summed E-state index contributed by atoms with van der Waals surface area (Å²) >= 11 is 6.48. The standard InChI is InChI=1S/C21H17N5S4/c1-2-12-27-19-25-17-16(24-20(29-17)22-13-8-4-3-5-9-13)18(26-19)30-21-23-14-10-6-7-11-15(14)28-21/h3-11H,2,12H2,1H3,(H,22,24). The zero-order chi connectivity index (χ0) is 20.3. The van der Waals surface area contributed by atoms with Gasteiger partial charge in [0, 0.05) is 11.4 Å². The highest BCUT2D eigenvalue weighted by atomic mass is 32.2. The molecule has 0 spiro atoms. The monoisotopic (exact) mass is 467 g/mol. The van der Waals surface area contributed by atoms with Crippen molar-refractivity contribution in [1.82, 2.24) is 19.9 Å². The number of thiazole rings is 2. The summed E-state index contributed by atoms with van der Waals surface area (Å²) in [6, 6.07) is 18.2. The first kappa shape index (κ1) is 19.7. The zero-order valence-corrected chi connectivity index (χ0v) is 19.3. The minimum atomic E-state index is 0.794. The molecule has 0 saturated heterocycles. The van der Waals surface area contributed by atoms with Crippen LogP contribution < -0.4 is 5.32 Å². The molecule has 9 heteroatoms. The largest absolute Gasteiger partial charge is 0.331 e. The van der Waals surface area contributed by atoms with Gasteiger partial charge in [-0.15, -0.1) is 11.3 Å². The van der Waals surface area contributed by atoms with Crippen molar-refractivity contribution in [1.29, 1.82) is 0 Å². The summed E-state index contributed by atoms with van der Waals surface area (Å²) in [4.78, 5) is 20.0. The molecule has 0 unspecified atom stereocenters. The number of rotatable bonds is 7. The second-order valence-corrected chi connectivity index (χ2v) is 10.7. The molecule has 0 aliphatic heterocycles. The lowest BCUT2D eigenvalue weighted by Crippen LogP contribution is -1.92. The van der Waals surface area contributed by atoms with Gasteiger partial charge in [0.25, 0.3) is 0 Å². The van der Waals surface area contributed by atoms with Crippen LogP contribution in [0.5, 0.6) is 0 Å². The highest BCUT2D eigenvalue weighted by Gasteiger charge is 2.17. The summed E-state index contributed by atoms with van der Waals surface area (Å²) in [7, 11) is 0. The molecule has 0 amide bonds. The van der Waals surface area contributed by atoms with Crippen LogP contribution in [0.4, 0.5) is 10.8 Å². The molecule has 2 aromatic carbocycles. The zero-order valence-electron chi connectivity index (χ0n) is 16.0. The highest BCUT2D eigenvalue weighted by Crippen LogP contribution is 2.39. The van der Waals surface area contributed by atoms with E-state index in [1.165, 1.54) is 4.70 Å². The third kappa shape index (κ3) is 4.29. The molecule has 5 aromatic rings. The molecule has 150 valence electrons. The van der Waals surface area contributed by atoms with Crippen LogP contribution in [0.2, 0.25) is 0 Å². The Kier molecular flexibility index (Phi) is 5.85. The Morgan fingerprint density at radius 3 is 2.57 bits per heavy atom. The normalized spacial score (nSPS) is 11.4. The Labute approximate surface area is 190 Å². The first-order valence-electron chi connectivity index (χ1n) is 9.45. The van der Waals surface area contributed by atoms with Gasteiger partial charge in [-0.25, -0.2) is 19.9 Å². The predicted octanol–water partition coefficient (Wildman–Crippen LogP) is 7.09. The molecule has 30 heavy (non-hydrogen) atoms. The molecule has 0 aliphatic carbocycles. The fraction of sp³-hybridized carbons (Fsp3) is 0.143. The van der Waals surface area contributed by atoms with Crippen molar-refractivity contribution in [3.63, 3.8) is 0 Å². The molecule has 5 nitrogen and oxygen atoms in total. The molecular weight excluding hydrogens is 451 g/mol. The van der Waals surface area contributed by atoms with E-state index >= 15 is 0 Å². The Morgan fingerprint density at radius 1 is 0.900 bits per heavy atom. The van der Waals surface area contributed by atoms with E-state index in [1.54, 1.807) is 46.2 Å². The molecule has 5 rings (SSSR count). The molecule has 0 fully saturated rings. The molecule has 3 heterocycles. The van der Waals surface area contributed by atoms with E-state index in [0.29, 0.717) is 0 Å². The fourth-order valence-electron chi connectivity index (χ4n) is 2.78. The van der Waals surface area contributed by atoms with E-state index in [0.717, 1.165) is 53.4 Å². The maximum absolute atomic E-state index is 4.82. The number of hydrogen-bond donors (Lipinski definition) is 1. The van der Waals surface area contributed by atoms with E-state index in [2.05, 4.69) is 18.3 Å². The number of fused-ring (bicyclic) bond motifs is 2. The smallest absolute Gasteiger partial charge is 0.190 e. The molecule has 0 aliphatic rings. The summed E-state index contributed by atoms with van der Waals surface area (Å²) in [6.45, 7) is 2.16. The lowest BCUT2D eigenvalue weighted by atomic mass is 10.3. The van der Waals surface area contributed by atoms with Crippen LogP contribution in [0.25, 0.3) is 20.6 Å². The van der Waals surface area contributed by atoms with E-state index in [1.807, 2.05) is 48.5 Å². The number of para-hydroxylation sites is 2. The average molecular weight is 468 g/mol. The molecule has 0 atom stereocenters. The first-order valence-corrected chi connectivity index (χ1v) is 12.9. The maximum Gasteiger partial charge on any atom is 0.190 e. The Bertz CT molecular complexity index is 1270. The van der Waals surface area contributed by atoms with Gasteiger partial charge >= 0.3 is 0 Å². The molecule has 0 bridgehead atoms. The summed E-state index contributed by atoms with van der Waals surface area (Å²) in [6.07, 6.45) is 1.08. The maximum atomic E-state index is 4.82. The number of nitrogens with zero attached hydrogens (tertiary/aromatic N) is 4. The van der Waals surface area contributed by atoms with Gasteiger partial charge in [-0.05, 0) is 42.4 Å². The van der Waals surface area contributed by atoms with Crippen molar-refractivity contribution < 1.29 is 0 Å². The molecule has 0 radical (unpaired) electrons. The predicted molar refractivity (Wildman–Crippen MR) is 130 cm³/mol. The van der Waals surface area contributed by atoms with Gasteiger partial charge in [-0.2, -0.15) is 0 Å². The van der Waals surface area contributed by atoms with Crippen molar-refractivity contribution in [2.45, 2.75) is 27.9 Å². The quantitative estimate of drug-likeness (QED) is 0.156. The summed E-state index contributed by atoms with van der Waals surface area (Å²) in [5.41, 5.74) is 2.84. The minimum absolute atomic E-state index is 0.794. The Morgan fingerprint density at radius 2 is 1.73 bits per heavy atom. The van der Waals surface area contributed by atoms with Crippen LogP contribution in [0, 0.1) is 0 Å². The van der Waals surface area contributed by atoms with Gasteiger partial charge in [0.1, 0.15) is 10.5 Å². The molecular formula is C21H17N5S4. The summed E-state index contributed by atoms with van der Waals surface area (Å²) in [5.74, 6) is 0.991. The van der Waals surface area contributed by atoms with Gasteiger partial charge in [0.15, 0.2) is 19.5 Å². The van der Waals surface area contributed by atoms with Crippen LogP contribution >= 0.6 is 46.2 Å². The lowest BCUT2D eigenvalue weighted by Gasteiger charge is -2.02. The second kappa shape index (κ2) is 8.89. The summed E-state index contributed by atoms with van der Waals surface area (Å²) < 4.78 is 2.14. The molecule has 0 saturated carbocycles. The van der Waals surface area contributed by atoms with E-state index < -0.39 is 0 Å². The molecule has 1 N–H and O–H groups in total. The second-order valence-electron chi connectivity index (χ2n) is 6.37. The van der Waals surface area contributed by atoms with Crippen LogP contribution in [0.1, 0.15) is 13.3 Å². The SMILES string of the molecule is CCCSc1nc(Sc2nc3ccccc3s2)c2nc(Nc3ccccc3)sc2n1. The van der Waals surface area contributed by atoms with E-state index in [4.69, 9.17) is 19.9 Å². The minimum Gasteiger partial charge on any atom is -0.331 e.